The summed E-state index contributed by atoms with van der Waals surface area (Å²) in [6.07, 6.45) is 0. The van der Waals surface area contributed by atoms with Crippen LogP contribution in [0.1, 0.15) is 20.8 Å². The average molecular weight is 208 g/mol. The molecular formula is C9H18F2N2O. The molecule has 0 saturated carbocycles. The molecule has 0 aliphatic rings. The number of carbonyl (C=O) groups is 1. The average Bonchev–Trinajstić information content (AvgIpc) is 2.04. The van der Waals surface area contributed by atoms with E-state index in [1.54, 1.807) is 6.92 Å². The number of nitrogens with one attached hydrogen (secondary N) is 2. The molecule has 0 rings (SSSR count). The molecule has 0 aliphatic carbocycles. The second-order valence-electron chi connectivity index (χ2n) is 3.47. The minimum atomic E-state index is -2.76. The fourth-order valence-corrected chi connectivity index (χ4v) is 0.806. The molecule has 1 amide bonds. The van der Waals surface area contributed by atoms with Gasteiger partial charge in [0.05, 0.1) is 13.1 Å². The van der Waals surface area contributed by atoms with Crippen LogP contribution in [0.25, 0.3) is 0 Å². The molecule has 2 N–H and O–H groups in total. The minimum absolute atomic E-state index is 0.0594. The molecule has 0 radical (unpaired) electrons. The van der Waals surface area contributed by atoms with Gasteiger partial charge in [0.1, 0.15) is 0 Å². The lowest BCUT2D eigenvalue weighted by Gasteiger charge is -2.20. The number of hydrogen-bond acceptors (Lipinski definition) is 2. The van der Waals surface area contributed by atoms with E-state index >= 15 is 0 Å². The first-order valence-electron chi connectivity index (χ1n) is 4.75. The van der Waals surface area contributed by atoms with Crippen molar-refractivity contribution in [2.24, 2.45) is 5.92 Å². The fraction of sp³-hybridized carbons (Fsp3) is 0.889. The number of hydrogen-bond donors (Lipinski definition) is 2. The zero-order valence-electron chi connectivity index (χ0n) is 8.86. The molecule has 0 aromatic heterocycles. The lowest BCUT2D eigenvalue weighted by Crippen LogP contribution is -2.41. The predicted molar refractivity (Wildman–Crippen MR) is 51.3 cm³/mol. The molecule has 0 spiro atoms. The Labute approximate surface area is 83.3 Å². The number of rotatable bonds is 6. The Hall–Kier alpha value is -0.710. The van der Waals surface area contributed by atoms with Crippen molar-refractivity contribution in [3.05, 3.63) is 0 Å². The Balaban J connectivity index is 3.68. The maximum absolute atomic E-state index is 13.0. The van der Waals surface area contributed by atoms with Gasteiger partial charge in [-0.2, -0.15) is 0 Å². The highest BCUT2D eigenvalue weighted by molar-refractivity contribution is 5.77. The lowest BCUT2D eigenvalue weighted by atomic mass is 10.1. The first kappa shape index (κ1) is 13.3. The zero-order chi connectivity index (χ0) is 11.2. The molecule has 84 valence electrons. The molecule has 3 nitrogen and oxygen atoms in total. The minimum Gasteiger partial charge on any atom is -0.355 e. The van der Waals surface area contributed by atoms with E-state index in [2.05, 4.69) is 10.6 Å². The van der Waals surface area contributed by atoms with E-state index in [-0.39, 0.29) is 12.5 Å². The van der Waals surface area contributed by atoms with Crippen LogP contribution in [0.2, 0.25) is 0 Å². The van der Waals surface area contributed by atoms with Crippen molar-refractivity contribution in [1.82, 2.24) is 10.6 Å². The first-order chi connectivity index (χ1) is 6.40. The summed E-state index contributed by atoms with van der Waals surface area (Å²) in [6.45, 7) is 4.68. The van der Waals surface area contributed by atoms with Gasteiger partial charge < -0.3 is 10.6 Å². The van der Waals surface area contributed by atoms with Crippen LogP contribution < -0.4 is 10.6 Å². The van der Waals surface area contributed by atoms with Gasteiger partial charge in [-0.15, -0.1) is 0 Å². The monoisotopic (exact) mass is 208 g/mol. The molecule has 0 fully saturated rings. The van der Waals surface area contributed by atoms with Gasteiger partial charge in [-0.05, 0) is 6.92 Å². The Kier molecular flexibility index (Phi) is 5.60. The molecule has 0 unspecified atom stereocenters. The lowest BCUT2D eigenvalue weighted by molar-refractivity contribution is -0.120. The summed E-state index contributed by atoms with van der Waals surface area (Å²) < 4.78 is 26.0. The highest BCUT2D eigenvalue weighted by Crippen LogP contribution is 2.22. The van der Waals surface area contributed by atoms with Gasteiger partial charge in [0.2, 0.25) is 5.91 Å². The number of alkyl halides is 2. The van der Waals surface area contributed by atoms with E-state index in [1.807, 2.05) is 0 Å². The van der Waals surface area contributed by atoms with Gasteiger partial charge in [0, 0.05) is 12.5 Å². The molecule has 0 heterocycles. The maximum Gasteiger partial charge on any atom is 0.262 e. The van der Waals surface area contributed by atoms with Gasteiger partial charge >= 0.3 is 0 Å². The Morgan fingerprint density at radius 2 is 2.00 bits per heavy atom. The highest BCUT2D eigenvalue weighted by atomic mass is 19.3. The van der Waals surface area contributed by atoms with Crippen molar-refractivity contribution >= 4 is 5.91 Å². The van der Waals surface area contributed by atoms with Gasteiger partial charge in [-0.25, -0.2) is 8.78 Å². The Morgan fingerprint density at radius 3 is 2.43 bits per heavy atom. The van der Waals surface area contributed by atoms with Crippen molar-refractivity contribution < 1.29 is 13.6 Å². The van der Waals surface area contributed by atoms with Gasteiger partial charge in [0.25, 0.3) is 5.92 Å². The summed E-state index contributed by atoms with van der Waals surface area (Å²) in [5, 5.41) is 4.94. The standard InChI is InChI=1S/C9H18F2N2O/c1-4-13-8(14)5-12-6-9(10,11)7(2)3/h7,12H,4-6H2,1-3H3,(H,13,14). The quantitative estimate of drug-likeness (QED) is 0.683. The number of carbonyl (C=O) groups excluding carboxylic acids is 1. The fourth-order valence-electron chi connectivity index (χ4n) is 0.806. The largest absolute Gasteiger partial charge is 0.355 e. The smallest absolute Gasteiger partial charge is 0.262 e. The molecule has 0 aliphatic heterocycles. The molecule has 14 heavy (non-hydrogen) atoms. The number of amides is 1. The molecule has 0 aromatic rings. The second kappa shape index (κ2) is 5.90. The van der Waals surface area contributed by atoms with E-state index in [0.29, 0.717) is 6.54 Å². The predicted octanol–water partition coefficient (Wildman–Crippen LogP) is 1.00. The summed E-state index contributed by atoms with van der Waals surface area (Å²) in [6, 6.07) is 0. The molecule has 0 saturated heterocycles. The Bertz CT molecular complexity index is 184. The third-order valence-electron chi connectivity index (χ3n) is 1.86. The van der Waals surface area contributed by atoms with Crippen LogP contribution in [0, 0.1) is 5.92 Å². The van der Waals surface area contributed by atoms with Crippen LogP contribution in [0.3, 0.4) is 0 Å². The molecular weight excluding hydrogens is 190 g/mol. The van der Waals surface area contributed by atoms with Crippen molar-refractivity contribution in [2.75, 3.05) is 19.6 Å². The highest BCUT2D eigenvalue weighted by Gasteiger charge is 2.32. The van der Waals surface area contributed by atoms with Crippen molar-refractivity contribution in [1.29, 1.82) is 0 Å². The normalized spacial score (nSPS) is 11.9. The summed E-state index contributed by atoms with van der Waals surface area (Å²) in [5.41, 5.74) is 0. The molecule has 0 atom stereocenters. The second-order valence-corrected chi connectivity index (χ2v) is 3.47. The SMILES string of the molecule is CCNC(=O)CNCC(F)(F)C(C)C. The van der Waals surface area contributed by atoms with Crippen molar-refractivity contribution in [3.63, 3.8) is 0 Å². The Morgan fingerprint density at radius 1 is 1.43 bits per heavy atom. The van der Waals surface area contributed by atoms with E-state index in [1.165, 1.54) is 13.8 Å². The molecule has 0 bridgehead atoms. The van der Waals surface area contributed by atoms with E-state index in [9.17, 15) is 13.6 Å². The maximum atomic E-state index is 13.0. The van der Waals surface area contributed by atoms with Crippen molar-refractivity contribution in [2.45, 2.75) is 26.7 Å². The third-order valence-corrected chi connectivity index (χ3v) is 1.86. The van der Waals surface area contributed by atoms with Crippen LogP contribution in [0.4, 0.5) is 8.78 Å². The van der Waals surface area contributed by atoms with Gasteiger partial charge in [-0.1, -0.05) is 13.8 Å². The molecule has 0 aromatic carbocycles. The summed E-state index contributed by atoms with van der Waals surface area (Å²) >= 11 is 0. The summed E-state index contributed by atoms with van der Waals surface area (Å²) in [4.78, 5) is 10.9. The van der Waals surface area contributed by atoms with Gasteiger partial charge in [0.15, 0.2) is 0 Å². The summed E-state index contributed by atoms with van der Waals surface area (Å²) in [5.74, 6) is -3.73. The van der Waals surface area contributed by atoms with Crippen molar-refractivity contribution in [3.8, 4) is 0 Å². The van der Waals surface area contributed by atoms with Gasteiger partial charge in [-0.3, -0.25) is 4.79 Å². The van der Waals surface area contributed by atoms with Crippen LogP contribution in [-0.2, 0) is 4.79 Å². The summed E-state index contributed by atoms with van der Waals surface area (Å²) in [7, 11) is 0. The van der Waals surface area contributed by atoms with E-state index < -0.39 is 18.4 Å². The molecule has 5 heteroatoms. The third kappa shape index (κ3) is 5.11. The van der Waals surface area contributed by atoms with Crippen LogP contribution in [0.15, 0.2) is 0 Å². The number of likely N-dealkylation sites (N-methyl/N-ethyl adjacent to an activating group) is 1. The number of halogens is 2. The first-order valence-corrected chi connectivity index (χ1v) is 4.75. The van der Waals surface area contributed by atoms with E-state index in [4.69, 9.17) is 0 Å². The van der Waals surface area contributed by atoms with Crippen LogP contribution in [0.5, 0.6) is 0 Å². The van der Waals surface area contributed by atoms with E-state index in [0.717, 1.165) is 0 Å². The van der Waals surface area contributed by atoms with Crippen LogP contribution >= 0.6 is 0 Å². The zero-order valence-corrected chi connectivity index (χ0v) is 8.86. The topological polar surface area (TPSA) is 41.1 Å². The van der Waals surface area contributed by atoms with Crippen LogP contribution in [-0.4, -0.2) is 31.5 Å².